The quantitative estimate of drug-likeness (QED) is 0.661. The van der Waals surface area contributed by atoms with Crippen molar-refractivity contribution in [3.63, 3.8) is 0 Å². The zero-order chi connectivity index (χ0) is 21.6. The first-order chi connectivity index (χ1) is 14.2. The molecule has 0 amide bonds. The van der Waals surface area contributed by atoms with Crippen LogP contribution in [0.25, 0.3) is 10.9 Å². The predicted molar refractivity (Wildman–Crippen MR) is 112 cm³/mol. The molecule has 2 aliphatic rings. The maximum atomic E-state index is 14.1. The maximum absolute atomic E-state index is 14.1. The molecule has 4 nitrogen and oxygen atoms in total. The van der Waals surface area contributed by atoms with Crippen LogP contribution < -0.4 is 5.32 Å². The van der Waals surface area contributed by atoms with Crippen LogP contribution in [0, 0.1) is 11.2 Å². The van der Waals surface area contributed by atoms with Crippen molar-refractivity contribution in [2.24, 2.45) is 7.05 Å². The van der Waals surface area contributed by atoms with Crippen LogP contribution in [0.3, 0.4) is 0 Å². The van der Waals surface area contributed by atoms with E-state index in [0.717, 1.165) is 24.2 Å². The summed E-state index contributed by atoms with van der Waals surface area (Å²) in [6.07, 6.45) is -0.508. The minimum Gasteiger partial charge on any atom is -0.363 e. The van der Waals surface area contributed by atoms with Gasteiger partial charge in [0.05, 0.1) is 16.8 Å². The van der Waals surface area contributed by atoms with Gasteiger partial charge in [-0.05, 0) is 36.5 Å². The molecule has 1 aromatic heterocycles. The SMILES string of the molecule is C=C1CCC(c2nn(C)c3cc(C4CCB(C#N)CC4)c(C(F)(F)F)cc23)C(=C)N1. The fourth-order valence-corrected chi connectivity index (χ4v) is 4.89. The highest BCUT2D eigenvalue weighted by molar-refractivity contribution is 6.67. The number of aryl methyl sites for hydroxylation is 1. The molecule has 30 heavy (non-hydrogen) atoms. The first-order valence-electron chi connectivity index (χ1n) is 10.3. The summed E-state index contributed by atoms with van der Waals surface area (Å²) in [5, 5.41) is 17.4. The summed E-state index contributed by atoms with van der Waals surface area (Å²) in [5.74, 6) is 1.90. The average molecular weight is 412 g/mol. The normalized spacial score (nSPS) is 21.0. The number of fused-ring (bicyclic) bond motifs is 1. The van der Waals surface area contributed by atoms with Crippen molar-refractivity contribution in [3.8, 4) is 5.97 Å². The van der Waals surface area contributed by atoms with Gasteiger partial charge in [0.25, 0.3) is 6.71 Å². The predicted octanol–water partition coefficient (Wildman–Crippen LogP) is 5.52. The van der Waals surface area contributed by atoms with Gasteiger partial charge in [-0.25, -0.2) is 5.26 Å². The van der Waals surface area contributed by atoms with E-state index in [2.05, 4.69) is 29.5 Å². The Morgan fingerprint density at radius 2 is 1.93 bits per heavy atom. The minimum atomic E-state index is -4.45. The van der Waals surface area contributed by atoms with E-state index in [1.165, 1.54) is 6.07 Å². The summed E-state index contributed by atoms with van der Waals surface area (Å²) < 4.78 is 43.9. The number of rotatable bonds is 2. The Morgan fingerprint density at radius 1 is 1.23 bits per heavy atom. The summed E-state index contributed by atoms with van der Waals surface area (Å²) in [4.78, 5) is 0. The molecule has 3 heterocycles. The third kappa shape index (κ3) is 3.62. The van der Waals surface area contributed by atoms with E-state index in [1.807, 2.05) is 0 Å². The van der Waals surface area contributed by atoms with Gasteiger partial charge in [-0.15, -0.1) is 0 Å². The van der Waals surface area contributed by atoms with E-state index in [4.69, 9.17) is 5.26 Å². The highest BCUT2D eigenvalue weighted by Crippen LogP contribution is 2.44. The average Bonchev–Trinajstić information content (AvgIpc) is 3.02. The molecule has 2 saturated heterocycles. The number of hydrogen-bond donors (Lipinski definition) is 1. The topological polar surface area (TPSA) is 53.6 Å². The van der Waals surface area contributed by atoms with E-state index < -0.39 is 11.7 Å². The van der Waals surface area contributed by atoms with Gasteiger partial charge in [-0.1, -0.05) is 38.6 Å². The summed E-state index contributed by atoms with van der Waals surface area (Å²) in [6, 6.07) is 2.95. The standard InChI is InChI=1S/C22H24BF3N4/c1-13-4-5-16(14(2)28-13)21-18-10-19(22(24,25)26)17(11-20(18)30(3)29-21)15-6-8-23(12-27)9-7-15/h10-11,15-16,28H,1-2,4-9H2,3H3. The van der Waals surface area contributed by atoms with Gasteiger partial charge in [0.15, 0.2) is 0 Å². The van der Waals surface area contributed by atoms with Crippen LogP contribution in [0.15, 0.2) is 36.7 Å². The van der Waals surface area contributed by atoms with Crippen molar-refractivity contribution >= 4 is 17.6 Å². The molecule has 0 aliphatic carbocycles. The van der Waals surface area contributed by atoms with Crippen LogP contribution in [0.1, 0.15) is 54.3 Å². The van der Waals surface area contributed by atoms with Crippen molar-refractivity contribution < 1.29 is 13.2 Å². The number of nitriles is 1. The number of piperidine rings is 1. The molecule has 2 aromatic rings. The highest BCUT2D eigenvalue weighted by atomic mass is 19.4. The van der Waals surface area contributed by atoms with Crippen molar-refractivity contribution in [2.75, 3.05) is 0 Å². The molecule has 1 unspecified atom stereocenters. The monoisotopic (exact) mass is 412 g/mol. The lowest BCUT2D eigenvalue weighted by atomic mass is 9.41. The Bertz CT molecular complexity index is 1050. The zero-order valence-electron chi connectivity index (χ0n) is 17.0. The molecular formula is C22H24BF3N4. The maximum Gasteiger partial charge on any atom is 0.416 e. The van der Waals surface area contributed by atoms with Crippen LogP contribution in [-0.4, -0.2) is 16.5 Å². The van der Waals surface area contributed by atoms with E-state index in [9.17, 15) is 13.2 Å². The number of alkyl halides is 3. The van der Waals surface area contributed by atoms with E-state index in [1.54, 1.807) is 17.8 Å². The van der Waals surface area contributed by atoms with Gasteiger partial charge in [0.1, 0.15) is 0 Å². The minimum absolute atomic E-state index is 0.0535. The number of hydrogen-bond acceptors (Lipinski definition) is 3. The van der Waals surface area contributed by atoms with Crippen molar-refractivity contribution in [1.82, 2.24) is 15.1 Å². The lowest BCUT2D eigenvalue weighted by molar-refractivity contribution is -0.138. The Hall–Kier alpha value is -2.69. The van der Waals surface area contributed by atoms with Gasteiger partial charge in [-0.2, -0.15) is 18.3 Å². The fourth-order valence-electron chi connectivity index (χ4n) is 4.89. The molecule has 156 valence electrons. The van der Waals surface area contributed by atoms with Crippen LogP contribution in [-0.2, 0) is 13.2 Å². The number of benzene rings is 1. The number of allylic oxidation sites excluding steroid dienone is 2. The number of nitrogens with zero attached hydrogens (tertiary/aromatic N) is 3. The first-order valence-corrected chi connectivity index (χ1v) is 10.3. The van der Waals surface area contributed by atoms with Crippen LogP contribution in [0.2, 0.25) is 12.6 Å². The summed E-state index contributed by atoms with van der Waals surface area (Å²) in [7, 11) is 1.77. The molecule has 0 bridgehead atoms. The number of nitrogens with one attached hydrogen (secondary N) is 1. The molecule has 8 heteroatoms. The van der Waals surface area contributed by atoms with E-state index in [0.29, 0.717) is 47.6 Å². The van der Waals surface area contributed by atoms with Crippen molar-refractivity contribution in [2.45, 2.75) is 56.3 Å². The van der Waals surface area contributed by atoms with Gasteiger partial charge in [0, 0.05) is 35.7 Å². The Morgan fingerprint density at radius 3 is 2.53 bits per heavy atom. The van der Waals surface area contributed by atoms with E-state index >= 15 is 0 Å². The summed E-state index contributed by atoms with van der Waals surface area (Å²) in [5.41, 5.74) is 2.66. The Labute approximate surface area is 174 Å². The molecule has 2 fully saturated rings. The molecule has 2 aliphatic heterocycles. The Balaban J connectivity index is 1.81. The molecule has 1 atom stereocenters. The molecule has 0 saturated carbocycles. The van der Waals surface area contributed by atoms with Crippen molar-refractivity contribution in [3.05, 3.63) is 53.5 Å². The number of aromatic nitrogens is 2. The third-order valence-electron chi connectivity index (χ3n) is 6.53. The second-order valence-corrected chi connectivity index (χ2v) is 8.49. The van der Waals surface area contributed by atoms with Gasteiger partial charge in [0.2, 0.25) is 0 Å². The Kier molecular flexibility index (Phi) is 5.17. The summed E-state index contributed by atoms with van der Waals surface area (Å²) in [6.45, 7) is 7.91. The van der Waals surface area contributed by atoms with Gasteiger partial charge in [-0.3, -0.25) is 4.68 Å². The molecule has 1 aromatic carbocycles. The zero-order valence-corrected chi connectivity index (χ0v) is 17.0. The molecule has 1 N–H and O–H groups in total. The number of halogens is 3. The highest BCUT2D eigenvalue weighted by Gasteiger charge is 2.38. The lowest BCUT2D eigenvalue weighted by Crippen LogP contribution is -2.24. The second kappa shape index (κ2) is 7.53. The van der Waals surface area contributed by atoms with Crippen LogP contribution >= 0.6 is 0 Å². The van der Waals surface area contributed by atoms with Crippen LogP contribution in [0.4, 0.5) is 13.2 Å². The third-order valence-corrected chi connectivity index (χ3v) is 6.53. The van der Waals surface area contributed by atoms with E-state index in [-0.39, 0.29) is 18.5 Å². The lowest BCUT2D eigenvalue weighted by Gasteiger charge is -2.27. The summed E-state index contributed by atoms with van der Waals surface area (Å²) >= 11 is 0. The fraction of sp³-hybridized carbons (Fsp3) is 0.455. The van der Waals surface area contributed by atoms with Crippen LogP contribution in [0.5, 0.6) is 0 Å². The molecule has 4 rings (SSSR count). The molecular weight excluding hydrogens is 388 g/mol. The van der Waals surface area contributed by atoms with Gasteiger partial charge >= 0.3 is 6.18 Å². The molecule has 0 spiro atoms. The smallest absolute Gasteiger partial charge is 0.363 e. The van der Waals surface area contributed by atoms with Crippen molar-refractivity contribution in [1.29, 1.82) is 5.26 Å². The second-order valence-electron chi connectivity index (χ2n) is 8.49. The largest absolute Gasteiger partial charge is 0.416 e. The first kappa shape index (κ1) is 20.6. The molecule has 0 radical (unpaired) electrons. The van der Waals surface area contributed by atoms with Gasteiger partial charge < -0.3 is 5.32 Å².